The normalized spacial score (nSPS) is 16.2. The zero-order valence-electron chi connectivity index (χ0n) is 10.8. The molecule has 18 heavy (non-hydrogen) atoms. The molecule has 1 aromatic carbocycles. The molecule has 2 atom stereocenters. The Morgan fingerprint density at radius 2 is 1.89 bits per heavy atom. The smallest absolute Gasteiger partial charge is 0.332 e. The fourth-order valence-electron chi connectivity index (χ4n) is 1.40. The molecule has 0 spiro atoms. The summed E-state index contributed by atoms with van der Waals surface area (Å²) in [4.78, 5) is 0. The van der Waals surface area contributed by atoms with Crippen LogP contribution in [-0.4, -0.2) is 19.9 Å². The van der Waals surface area contributed by atoms with Gasteiger partial charge < -0.3 is 9.26 Å². The summed E-state index contributed by atoms with van der Waals surface area (Å²) >= 11 is 5.81. The molecule has 1 rings (SSSR count). The van der Waals surface area contributed by atoms with Gasteiger partial charge in [0.05, 0.1) is 6.61 Å². The Morgan fingerprint density at radius 1 is 1.28 bits per heavy atom. The minimum Gasteiger partial charge on any atom is -0.351 e. The third kappa shape index (κ3) is 4.38. The van der Waals surface area contributed by atoms with Crippen molar-refractivity contribution in [1.29, 1.82) is 0 Å². The first kappa shape index (κ1) is 15.7. The quantitative estimate of drug-likeness (QED) is 0.556. The van der Waals surface area contributed by atoms with E-state index in [9.17, 15) is 4.57 Å². The van der Waals surface area contributed by atoms with Crippen LogP contribution >= 0.6 is 19.2 Å². The van der Waals surface area contributed by atoms with E-state index in [0.29, 0.717) is 17.8 Å². The molecule has 0 N–H and O–H groups in total. The van der Waals surface area contributed by atoms with E-state index in [1.165, 1.54) is 7.11 Å². The predicted molar refractivity (Wildman–Crippen MR) is 72.1 cm³/mol. The highest BCUT2D eigenvalue weighted by Gasteiger charge is 2.27. The Hall–Kier alpha value is -0.380. The third-order valence-electron chi connectivity index (χ3n) is 2.33. The largest absolute Gasteiger partial charge is 0.351 e. The second-order valence-corrected chi connectivity index (χ2v) is 6.33. The zero-order valence-corrected chi connectivity index (χ0v) is 12.4. The molecule has 0 heterocycles. The standard InChI is InChI=1S/C12H18ClO4P/c1-4-16-18(14,5-2)17-12(15-3)10-6-8-11(13)9-7-10/h6-9,12H,4-5H2,1-3H3/t12-,18-/m1/s1. The van der Waals surface area contributed by atoms with Gasteiger partial charge in [-0.05, 0) is 19.1 Å². The maximum Gasteiger partial charge on any atom is 0.332 e. The molecule has 0 aliphatic carbocycles. The second-order valence-electron chi connectivity index (χ2n) is 3.57. The summed E-state index contributed by atoms with van der Waals surface area (Å²) in [5.41, 5.74) is 0.746. The van der Waals surface area contributed by atoms with Gasteiger partial charge in [-0.2, -0.15) is 0 Å². The topological polar surface area (TPSA) is 44.8 Å². The van der Waals surface area contributed by atoms with Gasteiger partial charge in [0, 0.05) is 23.9 Å². The van der Waals surface area contributed by atoms with E-state index in [1.54, 1.807) is 38.1 Å². The zero-order chi connectivity index (χ0) is 13.6. The molecule has 0 aliphatic rings. The molecular weight excluding hydrogens is 275 g/mol. The van der Waals surface area contributed by atoms with Crippen molar-refractivity contribution < 1.29 is 18.3 Å². The van der Waals surface area contributed by atoms with Gasteiger partial charge in [0.1, 0.15) is 0 Å². The number of hydrogen-bond acceptors (Lipinski definition) is 4. The molecule has 0 saturated heterocycles. The molecule has 102 valence electrons. The van der Waals surface area contributed by atoms with Gasteiger partial charge in [-0.1, -0.05) is 30.7 Å². The van der Waals surface area contributed by atoms with Crippen molar-refractivity contribution in [1.82, 2.24) is 0 Å². The Balaban J connectivity index is 2.84. The lowest BCUT2D eigenvalue weighted by atomic mass is 10.2. The summed E-state index contributed by atoms with van der Waals surface area (Å²) in [6, 6.07) is 6.98. The molecule has 0 aliphatic heterocycles. The first-order valence-corrected chi connectivity index (χ1v) is 7.85. The number of ether oxygens (including phenoxy) is 1. The van der Waals surface area contributed by atoms with E-state index < -0.39 is 13.9 Å². The summed E-state index contributed by atoms with van der Waals surface area (Å²) < 4.78 is 28.1. The Kier molecular flexibility index (Phi) is 6.33. The minimum absolute atomic E-state index is 0.300. The summed E-state index contributed by atoms with van der Waals surface area (Å²) in [5, 5.41) is 0.622. The highest BCUT2D eigenvalue weighted by Crippen LogP contribution is 2.51. The van der Waals surface area contributed by atoms with Crippen molar-refractivity contribution in [2.45, 2.75) is 20.1 Å². The summed E-state index contributed by atoms with van der Waals surface area (Å²) in [7, 11) is -1.62. The summed E-state index contributed by atoms with van der Waals surface area (Å²) in [6.07, 6.45) is -0.423. The van der Waals surface area contributed by atoms with Crippen LogP contribution in [0.5, 0.6) is 0 Å². The Bertz CT molecular complexity index is 407. The lowest BCUT2D eigenvalue weighted by Gasteiger charge is -2.22. The highest BCUT2D eigenvalue weighted by molar-refractivity contribution is 7.53. The number of methoxy groups -OCH3 is 1. The molecular formula is C12H18ClO4P. The van der Waals surface area contributed by atoms with Crippen molar-refractivity contribution in [3.05, 3.63) is 34.9 Å². The summed E-state index contributed by atoms with van der Waals surface area (Å²) in [6.45, 7) is 3.86. The van der Waals surface area contributed by atoms with Gasteiger partial charge in [0.2, 0.25) is 0 Å². The molecule has 6 heteroatoms. The van der Waals surface area contributed by atoms with Crippen molar-refractivity contribution in [2.24, 2.45) is 0 Å². The van der Waals surface area contributed by atoms with Gasteiger partial charge in [-0.3, -0.25) is 9.09 Å². The maximum absolute atomic E-state index is 12.2. The van der Waals surface area contributed by atoms with Crippen LogP contribution in [0.25, 0.3) is 0 Å². The number of benzene rings is 1. The first-order valence-electron chi connectivity index (χ1n) is 5.75. The first-order chi connectivity index (χ1) is 8.54. The van der Waals surface area contributed by atoms with Gasteiger partial charge in [0.25, 0.3) is 0 Å². The minimum atomic E-state index is -3.11. The SMILES string of the molecule is CCO[P@](=O)(CC)O[C@@H](OC)c1ccc(Cl)cc1. The third-order valence-corrected chi connectivity index (χ3v) is 4.52. The van der Waals surface area contributed by atoms with E-state index in [1.807, 2.05) is 0 Å². The van der Waals surface area contributed by atoms with Crippen LogP contribution in [0.3, 0.4) is 0 Å². The van der Waals surface area contributed by atoms with Crippen LogP contribution in [0.1, 0.15) is 25.7 Å². The maximum atomic E-state index is 12.2. The van der Waals surface area contributed by atoms with Crippen LogP contribution in [0.2, 0.25) is 5.02 Å². The van der Waals surface area contributed by atoms with Crippen LogP contribution in [0, 0.1) is 0 Å². The van der Waals surface area contributed by atoms with Gasteiger partial charge in [0.15, 0.2) is 6.29 Å². The number of rotatable bonds is 7. The number of hydrogen-bond donors (Lipinski definition) is 0. The number of halogens is 1. The van der Waals surface area contributed by atoms with E-state index in [2.05, 4.69) is 0 Å². The fourth-order valence-corrected chi connectivity index (χ4v) is 2.81. The van der Waals surface area contributed by atoms with Gasteiger partial charge in [-0.25, -0.2) is 0 Å². The Labute approximate surface area is 113 Å². The molecule has 0 bridgehead atoms. The van der Waals surface area contributed by atoms with E-state index in [4.69, 9.17) is 25.4 Å². The molecule has 0 unspecified atom stereocenters. The predicted octanol–water partition coefficient (Wildman–Crippen LogP) is 4.25. The van der Waals surface area contributed by atoms with Crippen LogP contribution in [0.15, 0.2) is 24.3 Å². The molecule has 4 nitrogen and oxygen atoms in total. The Morgan fingerprint density at radius 3 is 2.33 bits per heavy atom. The highest BCUT2D eigenvalue weighted by atomic mass is 35.5. The van der Waals surface area contributed by atoms with E-state index in [0.717, 1.165) is 5.56 Å². The molecule has 1 aromatic rings. The average molecular weight is 293 g/mol. The molecule has 0 amide bonds. The lowest BCUT2D eigenvalue weighted by molar-refractivity contribution is -0.0644. The molecule has 0 aromatic heterocycles. The van der Waals surface area contributed by atoms with E-state index in [-0.39, 0.29) is 0 Å². The molecule has 0 fully saturated rings. The van der Waals surface area contributed by atoms with Crippen molar-refractivity contribution >= 4 is 19.2 Å². The monoisotopic (exact) mass is 292 g/mol. The lowest BCUT2D eigenvalue weighted by Crippen LogP contribution is -2.08. The van der Waals surface area contributed by atoms with Crippen molar-refractivity contribution in [2.75, 3.05) is 19.9 Å². The van der Waals surface area contributed by atoms with Crippen LogP contribution in [0.4, 0.5) is 0 Å². The van der Waals surface area contributed by atoms with Crippen molar-refractivity contribution in [3.63, 3.8) is 0 Å². The van der Waals surface area contributed by atoms with Gasteiger partial charge in [-0.15, -0.1) is 0 Å². The van der Waals surface area contributed by atoms with Crippen LogP contribution < -0.4 is 0 Å². The van der Waals surface area contributed by atoms with E-state index >= 15 is 0 Å². The molecule has 0 saturated carbocycles. The molecule has 0 radical (unpaired) electrons. The fraction of sp³-hybridized carbons (Fsp3) is 0.500. The average Bonchev–Trinajstić information content (AvgIpc) is 2.37. The second kappa shape index (κ2) is 7.27. The van der Waals surface area contributed by atoms with Crippen molar-refractivity contribution in [3.8, 4) is 0 Å². The van der Waals surface area contributed by atoms with Crippen LogP contribution in [-0.2, 0) is 18.3 Å². The summed E-state index contributed by atoms with van der Waals surface area (Å²) in [5.74, 6) is 0. The van der Waals surface area contributed by atoms with Gasteiger partial charge >= 0.3 is 7.60 Å².